The largest absolute Gasteiger partial charge is 0.457 e. The van der Waals surface area contributed by atoms with Gasteiger partial charge in [0.05, 0.1) is 17.7 Å². The van der Waals surface area contributed by atoms with Crippen LogP contribution < -0.4 is 14.5 Å². The van der Waals surface area contributed by atoms with Gasteiger partial charge in [0.15, 0.2) is 0 Å². The van der Waals surface area contributed by atoms with E-state index in [-0.39, 0.29) is 10.8 Å². The fraction of sp³-hybridized carbons (Fsp3) is 0.288. The molecule has 0 aliphatic carbocycles. The van der Waals surface area contributed by atoms with Crippen molar-refractivity contribution in [3.05, 3.63) is 156 Å². The van der Waals surface area contributed by atoms with Gasteiger partial charge in [-0.05, 0) is 111 Å². The Labute approximate surface area is 339 Å². The number of fused-ring (bicyclic) bond motifs is 3. The van der Waals surface area contributed by atoms with Crippen LogP contribution in [0, 0.1) is 0 Å². The number of ether oxygens (including phenoxy) is 1. The summed E-state index contributed by atoms with van der Waals surface area (Å²) < 4.78 is 9.08. The summed E-state index contributed by atoms with van der Waals surface area (Å²) in [4.78, 5) is 9.48. The zero-order chi connectivity index (χ0) is 40.2. The first kappa shape index (κ1) is 38.1. The molecule has 0 fully saturated rings. The lowest BCUT2D eigenvalue weighted by Crippen LogP contribution is -2.25. The Morgan fingerprint density at radius 3 is 1.88 bits per heavy atom. The van der Waals surface area contributed by atoms with Gasteiger partial charge in [-0.3, -0.25) is 4.57 Å². The third-order valence-electron chi connectivity index (χ3n) is 11.4. The molecule has 5 aromatic carbocycles. The van der Waals surface area contributed by atoms with Crippen LogP contribution in [-0.4, -0.2) is 16.2 Å². The molecule has 3 heterocycles. The highest BCUT2D eigenvalue weighted by molar-refractivity contribution is 6.09. The smallest absolute Gasteiger partial charge is 0.137 e. The standard InChI is InChI=1S/C52H56N4O/c1-34(2)43-15-13-16-44(35(3)4)50(43)36-18-20-39(21-19-36)54-26-27-55(33-54)40-28-38(52(8,9)10)29-42(31-40)57-41-22-23-46-45-14-11-12-17-47(45)56(48(46)32-41)49-30-37(24-25-53-49)51(5,6)7/h11-32,34-35H,33H2,1-10H3. The molecule has 8 rings (SSSR count). The van der Waals surface area contributed by atoms with Gasteiger partial charge in [0.25, 0.3) is 0 Å². The maximum absolute atomic E-state index is 6.81. The monoisotopic (exact) mass is 752 g/mol. The van der Waals surface area contributed by atoms with Crippen molar-refractivity contribution in [1.29, 1.82) is 0 Å². The van der Waals surface area contributed by atoms with E-state index in [1.807, 2.05) is 6.20 Å². The first-order valence-electron chi connectivity index (χ1n) is 20.4. The molecule has 57 heavy (non-hydrogen) atoms. The summed E-state index contributed by atoms with van der Waals surface area (Å²) in [5.41, 5.74) is 12.3. The maximum atomic E-state index is 6.81. The van der Waals surface area contributed by atoms with Crippen molar-refractivity contribution in [2.24, 2.45) is 0 Å². The minimum Gasteiger partial charge on any atom is -0.457 e. The van der Waals surface area contributed by atoms with Crippen molar-refractivity contribution in [3.63, 3.8) is 0 Å². The first-order chi connectivity index (χ1) is 27.2. The quantitative estimate of drug-likeness (QED) is 0.155. The Kier molecular flexibility index (Phi) is 9.76. The van der Waals surface area contributed by atoms with Gasteiger partial charge >= 0.3 is 0 Å². The molecule has 0 N–H and O–H groups in total. The average molecular weight is 753 g/mol. The Balaban J connectivity index is 1.10. The van der Waals surface area contributed by atoms with Gasteiger partial charge in [0, 0.05) is 52.9 Å². The summed E-state index contributed by atoms with van der Waals surface area (Å²) in [5.74, 6) is 3.41. The van der Waals surface area contributed by atoms with E-state index < -0.39 is 0 Å². The minimum absolute atomic E-state index is 0.00448. The summed E-state index contributed by atoms with van der Waals surface area (Å²) in [5, 5.41) is 2.37. The summed E-state index contributed by atoms with van der Waals surface area (Å²) >= 11 is 0. The molecule has 290 valence electrons. The van der Waals surface area contributed by atoms with Crippen LogP contribution in [0.1, 0.15) is 103 Å². The van der Waals surface area contributed by atoms with Crippen LogP contribution in [0.25, 0.3) is 38.8 Å². The summed E-state index contributed by atoms with van der Waals surface area (Å²) in [6.07, 6.45) is 6.28. The molecule has 0 spiro atoms. The summed E-state index contributed by atoms with van der Waals surface area (Å²) in [6, 6.07) is 41.9. The van der Waals surface area contributed by atoms with E-state index >= 15 is 0 Å². The molecule has 1 aliphatic rings. The first-order valence-corrected chi connectivity index (χ1v) is 20.4. The predicted octanol–water partition coefficient (Wildman–Crippen LogP) is 14.2. The molecular formula is C52H56N4O. The number of para-hydroxylation sites is 1. The van der Waals surface area contributed by atoms with Crippen LogP contribution in [0.3, 0.4) is 0 Å². The number of aromatic nitrogens is 2. The lowest BCUT2D eigenvalue weighted by atomic mass is 9.85. The number of rotatable bonds is 8. The van der Waals surface area contributed by atoms with Gasteiger partial charge in [-0.1, -0.05) is 118 Å². The van der Waals surface area contributed by atoms with E-state index in [2.05, 4.69) is 211 Å². The van der Waals surface area contributed by atoms with Gasteiger partial charge in [-0.25, -0.2) is 4.98 Å². The van der Waals surface area contributed by atoms with Crippen molar-refractivity contribution in [3.8, 4) is 28.4 Å². The Hall–Kier alpha value is -5.81. The molecule has 1 aliphatic heterocycles. The van der Waals surface area contributed by atoms with Gasteiger partial charge in [0.1, 0.15) is 17.3 Å². The van der Waals surface area contributed by atoms with Crippen LogP contribution in [-0.2, 0) is 10.8 Å². The Morgan fingerprint density at radius 1 is 0.561 bits per heavy atom. The van der Waals surface area contributed by atoms with Gasteiger partial charge < -0.3 is 14.5 Å². The van der Waals surface area contributed by atoms with Crippen molar-refractivity contribution in [1.82, 2.24) is 9.55 Å². The van der Waals surface area contributed by atoms with Crippen LogP contribution in [0.4, 0.5) is 11.4 Å². The topological polar surface area (TPSA) is 33.5 Å². The highest BCUT2D eigenvalue weighted by Crippen LogP contribution is 2.40. The molecule has 0 atom stereocenters. The van der Waals surface area contributed by atoms with E-state index in [1.165, 1.54) is 49.8 Å². The van der Waals surface area contributed by atoms with Crippen molar-refractivity contribution in [2.45, 2.75) is 91.9 Å². The normalized spacial score (nSPS) is 13.5. The number of pyridine rings is 1. The van der Waals surface area contributed by atoms with Crippen LogP contribution in [0.15, 0.2) is 134 Å². The van der Waals surface area contributed by atoms with Gasteiger partial charge in [-0.15, -0.1) is 0 Å². The summed E-state index contributed by atoms with van der Waals surface area (Å²) in [7, 11) is 0. The van der Waals surface area contributed by atoms with Crippen molar-refractivity contribution >= 4 is 33.2 Å². The SMILES string of the molecule is CC(C)c1cccc(C(C)C)c1-c1ccc(N2C=CN(c3cc(Oc4ccc5c6ccccc6n(-c6cc(C(C)(C)C)ccn6)c5c4)cc(C(C)(C)C)c3)C2)cc1. The summed E-state index contributed by atoms with van der Waals surface area (Å²) in [6.45, 7) is 23.4. The zero-order valence-electron chi connectivity index (χ0n) is 35.3. The van der Waals surface area contributed by atoms with E-state index in [0.29, 0.717) is 18.5 Å². The van der Waals surface area contributed by atoms with E-state index in [9.17, 15) is 0 Å². The van der Waals surface area contributed by atoms with Crippen molar-refractivity contribution < 1.29 is 4.74 Å². The maximum Gasteiger partial charge on any atom is 0.137 e. The predicted molar refractivity (Wildman–Crippen MR) is 242 cm³/mol. The van der Waals surface area contributed by atoms with E-state index in [4.69, 9.17) is 9.72 Å². The van der Waals surface area contributed by atoms with Crippen LogP contribution in [0.5, 0.6) is 11.5 Å². The molecule has 0 saturated heterocycles. The van der Waals surface area contributed by atoms with Gasteiger partial charge in [0.2, 0.25) is 0 Å². The molecule has 0 radical (unpaired) electrons. The average Bonchev–Trinajstić information content (AvgIpc) is 3.80. The van der Waals surface area contributed by atoms with Crippen molar-refractivity contribution in [2.75, 3.05) is 16.5 Å². The third kappa shape index (κ3) is 7.44. The number of hydrogen-bond acceptors (Lipinski definition) is 4. The number of benzene rings is 5. The Morgan fingerprint density at radius 2 is 1.21 bits per heavy atom. The fourth-order valence-corrected chi connectivity index (χ4v) is 8.10. The minimum atomic E-state index is -0.0751. The molecule has 0 unspecified atom stereocenters. The van der Waals surface area contributed by atoms with E-state index in [0.717, 1.165) is 34.0 Å². The molecular weight excluding hydrogens is 697 g/mol. The molecule has 0 amide bonds. The molecule has 5 heteroatoms. The Bertz CT molecular complexity index is 2590. The lowest BCUT2D eigenvalue weighted by Gasteiger charge is -2.26. The van der Waals surface area contributed by atoms with Gasteiger partial charge in [-0.2, -0.15) is 0 Å². The zero-order valence-corrected chi connectivity index (χ0v) is 35.3. The second-order valence-electron chi connectivity index (χ2n) is 18.3. The fourth-order valence-electron chi connectivity index (χ4n) is 8.10. The second-order valence-corrected chi connectivity index (χ2v) is 18.3. The number of nitrogens with zero attached hydrogens (tertiary/aromatic N) is 4. The highest BCUT2D eigenvalue weighted by Gasteiger charge is 2.23. The number of anilines is 2. The lowest BCUT2D eigenvalue weighted by molar-refractivity contribution is 0.479. The van der Waals surface area contributed by atoms with Crippen LogP contribution in [0.2, 0.25) is 0 Å². The van der Waals surface area contributed by atoms with Crippen LogP contribution >= 0.6 is 0 Å². The number of hydrogen-bond donors (Lipinski definition) is 0. The molecule has 2 aromatic heterocycles. The molecule has 0 bridgehead atoms. The second kappa shape index (κ2) is 14.6. The third-order valence-corrected chi connectivity index (χ3v) is 11.4. The molecule has 0 saturated carbocycles. The molecule has 7 aromatic rings. The van der Waals surface area contributed by atoms with E-state index in [1.54, 1.807) is 0 Å². The highest BCUT2D eigenvalue weighted by atomic mass is 16.5. The molecule has 5 nitrogen and oxygen atoms in total.